The van der Waals surface area contributed by atoms with Crippen molar-refractivity contribution < 1.29 is 19.1 Å². The summed E-state index contributed by atoms with van der Waals surface area (Å²) in [7, 11) is 1.53. The molecule has 3 amide bonds. The first-order valence-corrected chi connectivity index (χ1v) is 12.0. The van der Waals surface area contributed by atoms with Crippen molar-refractivity contribution in [3.8, 4) is 5.75 Å². The average molecular weight is 600 g/mol. The van der Waals surface area contributed by atoms with Gasteiger partial charge in [-0.15, -0.1) is 0 Å². The fraction of sp³-hybridized carbons (Fsp3) is 0.0800. The summed E-state index contributed by atoms with van der Waals surface area (Å²) < 4.78 is 8.12. The lowest BCUT2D eigenvalue weighted by atomic mass is 10.2. The average Bonchev–Trinajstić information content (AvgIpc) is 3.19. The second-order valence-electron chi connectivity index (χ2n) is 7.61. The monoisotopic (exact) mass is 598 g/mol. The molecule has 0 fully saturated rings. The lowest BCUT2D eigenvalue weighted by Gasteiger charge is -2.13. The first kappa shape index (κ1) is 24.5. The lowest BCUT2D eigenvalue weighted by Crippen LogP contribution is -2.36. The number of halogens is 2. The van der Waals surface area contributed by atoms with Crippen molar-refractivity contribution in [2.24, 2.45) is 0 Å². The van der Waals surface area contributed by atoms with Crippen molar-refractivity contribution in [1.29, 1.82) is 0 Å². The second kappa shape index (κ2) is 10.3. The van der Waals surface area contributed by atoms with Crippen molar-refractivity contribution in [1.82, 2.24) is 4.68 Å². The predicted molar refractivity (Wildman–Crippen MR) is 142 cm³/mol. The highest BCUT2D eigenvalue weighted by atomic mass is 79.9. The van der Waals surface area contributed by atoms with Crippen LogP contribution < -0.4 is 20.8 Å². The van der Waals surface area contributed by atoms with E-state index >= 15 is 0 Å². The SMILES string of the molecule is COc1ccc(NC(=O)C(=O)Nn2c(C(=O)Nc3ccc(Br)c(C)c3)cc3cc(Br)ccc32)cc1. The van der Waals surface area contributed by atoms with Gasteiger partial charge in [0.2, 0.25) is 0 Å². The Labute approximate surface area is 217 Å². The Bertz CT molecular complexity index is 1450. The number of aromatic nitrogens is 1. The molecule has 0 saturated carbocycles. The summed E-state index contributed by atoms with van der Waals surface area (Å²) >= 11 is 6.86. The fourth-order valence-corrected chi connectivity index (χ4v) is 4.03. The van der Waals surface area contributed by atoms with Crippen LogP contribution in [-0.4, -0.2) is 29.5 Å². The summed E-state index contributed by atoms with van der Waals surface area (Å²) in [6.45, 7) is 1.91. The molecule has 35 heavy (non-hydrogen) atoms. The number of carbonyl (C=O) groups is 3. The van der Waals surface area contributed by atoms with Crippen LogP contribution in [0.25, 0.3) is 10.9 Å². The molecule has 0 radical (unpaired) electrons. The van der Waals surface area contributed by atoms with Crippen LogP contribution >= 0.6 is 31.9 Å². The standard InChI is InChI=1S/C25H20Br2N4O4/c1-14-11-18(6-9-20(14)27)29-23(32)22-13-15-12-16(26)3-10-21(15)31(22)30-25(34)24(33)28-17-4-7-19(35-2)8-5-17/h3-13H,1-2H3,(H,28,33)(H,29,32)(H,30,34). The number of nitrogens with one attached hydrogen (secondary N) is 3. The zero-order valence-electron chi connectivity index (χ0n) is 18.7. The molecular weight excluding hydrogens is 580 g/mol. The number of anilines is 2. The molecule has 3 N–H and O–H groups in total. The first-order chi connectivity index (χ1) is 16.7. The second-order valence-corrected chi connectivity index (χ2v) is 9.38. The minimum atomic E-state index is -0.935. The van der Waals surface area contributed by atoms with E-state index in [0.717, 1.165) is 14.5 Å². The van der Waals surface area contributed by atoms with Gasteiger partial charge in [0, 0.05) is 25.7 Å². The highest BCUT2D eigenvalue weighted by Gasteiger charge is 2.21. The molecule has 1 aromatic heterocycles. The number of hydrogen-bond donors (Lipinski definition) is 3. The number of hydrogen-bond acceptors (Lipinski definition) is 4. The van der Waals surface area contributed by atoms with Gasteiger partial charge in [0.05, 0.1) is 12.6 Å². The van der Waals surface area contributed by atoms with E-state index in [0.29, 0.717) is 28.0 Å². The summed E-state index contributed by atoms with van der Waals surface area (Å²) in [5, 5.41) is 6.07. The molecule has 4 aromatic rings. The van der Waals surface area contributed by atoms with E-state index in [1.165, 1.54) is 11.8 Å². The van der Waals surface area contributed by atoms with Gasteiger partial charge in [0.15, 0.2) is 0 Å². The number of benzene rings is 3. The van der Waals surface area contributed by atoms with E-state index in [1.54, 1.807) is 48.5 Å². The Hall–Kier alpha value is -3.63. The number of carbonyl (C=O) groups excluding carboxylic acids is 3. The number of fused-ring (bicyclic) bond motifs is 1. The van der Waals surface area contributed by atoms with Crippen LogP contribution in [0.4, 0.5) is 11.4 Å². The van der Waals surface area contributed by atoms with Gasteiger partial charge in [-0.1, -0.05) is 31.9 Å². The van der Waals surface area contributed by atoms with Gasteiger partial charge in [0.25, 0.3) is 5.91 Å². The topological polar surface area (TPSA) is 101 Å². The molecule has 3 aromatic carbocycles. The lowest BCUT2D eigenvalue weighted by molar-refractivity contribution is -0.133. The number of amides is 3. The smallest absolute Gasteiger partial charge is 0.328 e. The third-order valence-electron chi connectivity index (χ3n) is 5.18. The van der Waals surface area contributed by atoms with Crippen LogP contribution in [0.15, 0.2) is 75.7 Å². The minimum absolute atomic E-state index is 0.157. The molecule has 0 aliphatic heterocycles. The molecule has 0 aliphatic carbocycles. The third kappa shape index (κ3) is 5.55. The molecule has 0 atom stereocenters. The molecule has 0 bridgehead atoms. The van der Waals surface area contributed by atoms with Gasteiger partial charge < -0.3 is 15.4 Å². The molecule has 0 spiro atoms. The highest BCUT2D eigenvalue weighted by Crippen LogP contribution is 2.25. The summed E-state index contributed by atoms with van der Waals surface area (Å²) in [5.74, 6) is -1.65. The Morgan fingerprint density at radius 1 is 0.829 bits per heavy atom. The molecule has 178 valence electrons. The summed E-state index contributed by atoms with van der Waals surface area (Å²) in [5.41, 5.74) is 5.22. The molecule has 0 aliphatic rings. The van der Waals surface area contributed by atoms with E-state index in [4.69, 9.17) is 4.74 Å². The maximum Gasteiger partial charge on any atom is 0.328 e. The molecular formula is C25H20Br2N4O4. The van der Waals surface area contributed by atoms with Gasteiger partial charge in [-0.25, -0.2) is 4.68 Å². The highest BCUT2D eigenvalue weighted by molar-refractivity contribution is 9.10. The predicted octanol–water partition coefficient (Wildman–Crippen LogP) is 5.44. The van der Waals surface area contributed by atoms with Gasteiger partial charge >= 0.3 is 11.8 Å². The van der Waals surface area contributed by atoms with E-state index in [1.807, 2.05) is 25.1 Å². The number of rotatable bonds is 5. The number of ether oxygens (including phenoxy) is 1. The van der Waals surface area contributed by atoms with Gasteiger partial charge in [-0.05, 0) is 79.2 Å². The maximum absolute atomic E-state index is 13.2. The summed E-state index contributed by atoms with van der Waals surface area (Å²) in [4.78, 5) is 38.5. The van der Waals surface area contributed by atoms with Gasteiger partial charge in [0.1, 0.15) is 11.4 Å². The molecule has 4 rings (SSSR count). The third-order valence-corrected chi connectivity index (χ3v) is 6.56. The minimum Gasteiger partial charge on any atom is -0.497 e. The number of aryl methyl sites for hydroxylation is 1. The van der Waals surface area contributed by atoms with Crippen LogP contribution in [0, 0.1) is 6.92 Å². The fourth-order valence-electron chi connectivity index (χ4n) is 3.41. The summed E-state index contributed by atoms with van der Waals surface area (Å²) in [6.07, 6.45) is 0. The van der Waals surface area contributed by atoms with E-state index in [-0.39, 0.29) is 5.69 Å². The van der Waals surface area contributed by atoms with Crippen molar-refractivity contribution in [2.75, 3.05) is 23.2 Å². The quantitative estimate of drug-likeness (QED) is 0.266. The van der Waals surface area contributed by atoms with Crippen LogP contribution in [-0.2, 0) is 9.59 Å². The zero-order chi connectivity index (χ0) is 25.1. The van der Waals surface area contributed by atoms with Crippen molar-refractivity contribution >= 4 is 71.9 Å². The van der Waals surface area contributed by atoms with Gasteiger partial charge in [-0.3, -0.25) is 19.8 Å². The zero-order valence-corrected chi connectivity index (χ0v) is 21.9. The Kier molecular flexibility index (Phi) is 7.23. The summed E-state index contributed by atoms with van der Waals surface area (Å²) in [6, 6.07) is 19.0. The van der Waals surface area contributed by atoms with Crippen LogP contribution in [0.2, 0.25) is 0 Å². The van der Waals surface area contributed by atoms with Crippen LogP contribution in [0.1, 0.15) is 16.1 Å². The maximum atomic E-state index is 13.2. The largest absolute Gasteiger partial charge is 0.497 e. The molecule has 0 unspecified atom stereocenters. The van der Waals surface area contributed by atoms with E-state index in [9.17, 15) is 14.4 Å². The molecule has 10 heteroatoms. The first-order valence-electron chi connectivity index (χ1n) is 10.4. The Morgan fingerprint density at radius 3 is 2.23 bits per heavy atom. The van der Waals surface area contributed by atoms with E-state index in [2.05, 4.69) is 47.9 Å². The van der Waals surface area contributed by atoms with Crippen molar-refractivity contribution in [2.45, 2.75) is 6.92 Å². The number of nitrogens with zero attached hydrogens (tertiary/aromatic N) is 1. The van der Waals surface area contributed by atoms with Crippen molar-refractivity contribution in [3.05, 3.63) is 86.9 Å². The van der Waals surface area contributed by atoms with Crippen LogP contribution in [0.3, 0.4) is 0 Å². The number of methoxy groups -OCH3 is 1. The molecule has 8 nitrogen and oxygen atoms in total. The Balaban J connectivity index is 1.60. The van der Waals surface area contributed by atoms with Crippen molar-refractivity contribution in [3.63, 3.8) is 0 Å². The molecule has 0 saturated heterocycles. The van der Waals surface area contributed by atoms with Gasteiger partial charge in [-0.2, -0.15) is 0 Å². The Morgan fingerprint density at radius 2 is 1.54 bits per heavy atom. The van der Waals surface area contributed by atoms with E-state index < -0.39 is 17.7 Å². The molecule has 1 heterocycles. The van der Waals surface area contributed by atoms with Crippen LogP contribution in [0.5, 0.6) is 5.75 Å². The normalized spacial score (nSPS) is 10.6.